The lowest BCUT2D eigenvalue weighted by Gasteiger charge is -2.23. The van der Waals surface area contributed by atoms with Crippen LogP contribution in [-0.2, 0) is 4.79 Å². The number of nitrogens with zero attached hydrogens (tertiary/aromatic N) is 1. The lowest BCUT2D eigenvalue weighted by Crippen LogP contribution is -2.32. The molecule has 1 amide bonds. The molecule has 2 fully saturated rings. The molecule has 0 spiro atoms. The van der Waals surface area contributed by atoms with E-state index in [0.717, 1.165) is 12.5 Å². The summed E-state index contributed by atoms with van der Waals surface area (Å²) in [5.41, 5.74) is 0. The van der Waals surface area contributed by atoms with Crippen molar-refractivity contribution in [1.29, 1.82) is 0 Å². The summed E-state index contributed by atoms with van der Waals surface area (Å²) in [7, 11) is 0. The number of nitrogens with one attached hydrogen (secondary N) is 1. The van der Waals surface area contributed by atoms with Gasteiger partial charge in [0, 0.05) is 16.3 Å². The van der Waals surface area contributed by atoms with Crippen LogP contribution < -0.4 is 5.32 Å². The third kappa shape index (κ3) is 2.08. The van der Waals surface area contributed by atoms with Crippen LogP contribution in [0.25, 0.3) is 0 Å². The highest BCUT2D eigenvalue weighted by molar-refractivity contribution is 7.12. The molecule has 1 aliphatic heterocycles. The fourth-order valence-corrected chi connectivity index (χ4v) is 3.66. The second kappa shape index (κ2) is 4.35. The molecule has 4 atom stereocenters. The van der Waals surface area contributed by atoms with Crippen molar-refractivity contribution in [1.82, 2.24) is 10.2 Å². The first-order valence-electron chi connectivity index (χ1n) is 6.69. The van der Waals surface area contributed by atoms with Gasteiger partial charge in [-0.15, -0.1) is 11.3 Å². The standard InChI is InChI=1S/C14H20N2OS/c1-8-6-11(8)7-16-13(15-10(3)14(16)17)12-5-4-9(2)18-12/h4-5,8,10-11,13,15H,6-7H2,1-3H3. The Bertz CT molecular complexity index is 470. The number of carbonyl (C=O) groups excluding carboxylic acids is 1. The molecule has 0 bridgehead atoms. The first-order valence-corrected chi connectivity index (χ1v) is 7.51. The van der Waals surface area contributed by atoms with E-state index in [-0.39, 0.29) is 18.1 Å². The van der Waals surface area contributed by atoms with Crippen LogP contribution >= 0.6 is 11.3 Å². The first kappa shape index (κ1) is 12.2. The largest absolute Gasteiger partial charge is 0.320 e. The first-order chi connectivity index (χ1) is 8.56. The SMILES string of the molecule is Cc1ccc(C2NC(C)C(=O)N2CC2CC2C)s1. The number of hydrogen-bond acceptors (Lipinski definition) is 3. The molecule has 3 nitrogen and oxygen atoms in total. The lowest BCUT2D eigenvalue weighted by atomic mass is 10.2. The smallest absolute Gasteiger partial charge is 0.241 e. The van der Waals surface area contributed by atoms with Gasteiger partial charge in [-0.25, -0.2) is 0 Å². The molecular formula is C14H20N2OS. The number of aryl methyl sites for hydroxylation is 1. The Morgan fingerprint density at radius 1 is 1.44 bits per heavy atom. The summed E-state index contributed by atoms with van der Waals surface area (Å²) in [6, 6.07) is 4.23. The Morgan fingerprint density at radius 3 is 2.72 bits per heavy atom. The second-order valence-corrected chi connectivity index (χ2v) is 7.02. The van der Waals surface area contributed by atoms with Crippen molar-refractivity contribution >= 4 is 17.2 Å². The van der Waals surface area contributed by atoms with Crippen LogP contribution in [0, 0.1) is 18.8 Å². The fourth-order valence-electron chi connectivity index (χ4n) is 2.71. The van der Waals surface area contributed by atoms with Gasteiger partial charge >= 0.3 is 0 Å². The molecule has 1 aromatic rings. The minimum absolute atomic E-state index is 0.0496. The van der Waals surface area contributed by atoms with Gasteiger partial charge in [-0.05, 0) is 44.2 Å². The topological polar surface area (TPSA) is 32.3 Å². The average Bonchev–Trinajstić information content (AvgIpc) is 2.71. The van der Waals surface area contributed by atoms with Crippen LogP contribution in [0.5, 0.6) is 0 Å². The molecule has 1 N–H and O–H groups in total. The zero-order chi connectivity index (χ0) is 12.9. The van der Waals surface area contributed by atoms with Crippen molar-refractivity contribution in [3.05, 3.63) is 21.9 Å². The normalized spacial score (nSPS) is 35.3. The van der Waals surface area contributed by atoms with Crippen LogP contribution in [0.1, 0.15) is 36.2 Å². The molecule has 2 heterocycles. The van der Waals surface area contributed by atoms with Crippen molar-refractivity contribution in [2.45, 2.75) is 39.4 Å². The summed E-state index contributed by atoms with van der Waals surface area (Å²) in [5.74, 6) is 1.76. The molecule has 2 aliphatic rings. The van der Waals surface area contributed by atoms with Gasteiger partial charge in [-0.1, -0.05) is 6.92 Å². The molecule has 1 saturated heterocycles. The Hall–Kier alpha value is -0.870. The Labute approximate surface area is 112 Å². The molecule has 98 valence electrons. The molecule has 0 radical (unpaired) electrons. The van der Waals surface area contributed by atoms with Crippen LogP contribution in [0.15, 0.2) is 12.1 Å². The van der Waals surface area contributed by atoms with Gasteiger partial charge < -0.3 is 4.90 Å². The molecule has 4 heteroatoms. The maximum atomic E-state index is 12.2. The number of amides is 1. The predicted octanol–water partition coefficient (Wildman–Crippen LogP) is 2.53. The number of carbonyl (C=O) groups is 1. The van der Waals surface area contributed by atoms with Crippen LogP contribution in [0.2, 0.25) is 0 Å². The molecule has 18 heavy (non-hydrogen) atoms. The molecule has 0 aromatic carbocycles. The molecule has 1 aliphatic carbocycles. The van der Waals surface area contributed by atoms with Gasteiger partial charge in [0.05, 0.1) is 6.04 Å². The average molecular weight is 264 g/mol. The van der Waals surface area contributed by atoms with Gasteiger partial charge in [0.25, 0.3) is 0 Å². The Morgan fingerprint density at radius 2 is 2.17 bits per heavy atom. The van der Waals surface area contributed by atoms with Crippen molar-refractivity contribution in [3.63, 3.8) is 0 Å². The minimum Gasteiger partial charge on any atom is -0.320 e. The van der Waals surface area contributed by atoms with Crippen molar-refractivity contribution in [2.75, 3.05) is 6.54 Å². The highest BCUT2D eigenvalue weighted by atomic mass is 32.1. The molecular weight excluding hydrogens is 244 g/mol. The maximum absolute atomic E-state index is 12.2. The third-order valence-corrected chi connectivity index (χ3v) is 5.16. The van der Waals surface area contributed by atoms with Crippen molar-refractivity contribution < 1.29 is 4.79 Å². The molecule has 3 rings (SSSR count). The van der Waals surface area contributed by atoms with E-state index in [9.17, 15) is 4.79 Å². The van der Waals surface area contributed by atoms with E-state index in [4.69, 9.17) is 0 Å². The minimum atomic E-state index is -0.0496. The molecule has 4 unspecified atom stereocenters. The zero-order valence-corrected chi connectivity index (χ0v) is 12.0. The number of hydrogen-bond donors (Lipinski definition) is 1. The third-order valence-electron chi connectivity index (χ3n) is 4.11. The highest BCUT2D eigenvalue weighted by Gasteiger charge is 2.43. The van der Waals surface area contributed by atoms with Gasteiger partial charge in [-0.2, -0.15) is 0 Å². The second-order valence-electron chi connectivity index (χ2n) is 5.70. The van der Waals surface area contributed by atoms with Gasteiger partial charge in [-0.3, -0.25) is 10.1 Å². The van der Waals surface area contributed by atoms with E-state index in [1.165, 1.54) is 16.2 Å². The summed E-state index contributed by atoms with van der Waals surface area (Å²) in [5, 5.41) is 3.42. The summed E-state index contributed by atoms with van der Waals surface area (Å²) in [4.78, 5) is 16.8. The quantitative estimate of drug-likeness (QED) is 0.910. The lowest BCUT2D eigenvalue weighted by molar-refractivity contribution is -0.130. The van der Waals surface area contributed by atoms with Crippen molar-refractivity contribution in [3.8, 4) is 0 Å². The van der Waals surface area contributed by atoms with E-state index < -0.39 is 0 Å². The number of thiophene rings is 1. The van der Waals surface area contributed by atoms with Crippen LogP contribution in [-0.4, -0.2) is 23.4 Å². The molecule has 1 saturated carbocycles. The summed E-state index contributed by atoms with van der Waals surface area (Å²) < 4.78 is 0. The summed E-state index contributed by atoms with van der Waals surface area (Å²) in [6.07, 6.45) is 1.37. The van der Waals surface area contributed by atoms with Crippen molar-refractivity contribution in [2.24, 2.45) is 11.8 Å². The van der Waals surface area contributed by atoms with E-state index in [0.29, 0.717) is 5.92 Å². The predicted molar refractivity (Wildman–Crippen MR) is 73.4 cm³/mol. The number of rotatable bonds is 3. The van der Waals surface area contributed by atoms with Gasteiger partial charge in [0.1, 0.15) is 6.17 Å². The van der Waals surface area contributed by atoms with E-state index >= 15 is 0 Å². The van der Waals surface area contributed by atoms with Gasteiger partial charge in [0.15, 0.2) is 0 Å². The zero-order valence-electron chi connectivity index (χ0n) is 11.1. The fraction of sp³-hybridized carbons (Fsp3) is 0.643. The van der Waals surface area contributed by atoms with Crippen LogP contribution in [0.3, 0.4) is 0 Å². The van der Waals surface area contributed by atoms with E-state index in [2.05, 4.69) is 31.3 Å². The summed E-state index contributed by atoms with van der Waals surface area (Å²) in [6.45, 7) is 7.26. The monoisotopic (exact) mass is 264 g/mol. The van der Waals surface area contributed by atoms with E-state index in [1.807, 2.05) is 11.8 Å². The maximum Gasteiger partial charge on any atom is 0.241 e. The van der Waals surface area contributed by atoms with E-state index in [1.54, 1.807) is 11.3 Å². The Kier molecular flexibility index (Phi) is 2.94. The Balaban J connectivity index is 1.80. The van der Waals surface area contributed by atoms with Gasteiger partial charge in [0.2, 0.25) is 5.91 Å². The molecule has 1 aromatic heterocycles. The van der Waals surface area contributed by atoms with Crippen LogP contribution in [0.4, 0.5) is 0 Å². The summed E-state index contributed by atoms with van der Waals surface area (Å²) >= 11 is 1.78. The highest BCUT2D eigenvalue weighted by Crippen LogP contribution is 2.41.